The number of aromatic nitrogens is 1. The first-order valence-corrected chi connectivity index (χ1v) is 14.5. The monoisotopic (exact) mass is 607 g/mol. The maximum absolute atomic E-state index is 14.1. The minimum atomic E-state index is -0.840. The summed E-state index contributed by atoms with van der Waals surface area (Å²) in [6.45, 7) is 1.87. The van der Waals surface area contributed by atoms with Crippen molar-refractivity contribution in [3.63, 3.8) is 0 Å². The predicted octanol–water partition coefficient (Wildman–Crippen LogP) is 5.11. The van der Waals surface area contributed by atoms with E-state index in [1.165, 1.54) is 10.6 Å². The van der Waals surface area contributed by atoms with Crippen LogP contribution in [0.25, 0.3) is 23.1 Å². The van der Waals surface area contributed by atoms with Gasteiger partial charge in [-0.2, -0.15) is 0 Å². The van der Waals surface area contributed by atoms with Crippen LogP contribution in [0.1, 0.15) is 29.9 Å². The van der Waals surface area contributed by atoms with Gasteiger partial charge in [-0.15, -0.1) is 0 Å². The summed E-state index contributed by atoms with van der Waals surface area (Å²) < 4.78 is 18.6. The fraction of sp³-hybridized carbons (Fsp3) is 0.121. The number of nitrogens with zero attached hydrogens (tertiary/aromatic N) is 3. The van der Waals surface area contributed by atoms with E-state index in [2.05, 4.69) is 0 Å². The molecule has 0 fully saturated rings. The first-order valence-electron chi connectivity index (χ1n) is 13.7. The number of hydrogen-bond donors (Lipinski definition) is 0. The molecular weight excluding hydrogens is 582 g/mol. The zero-order chi connectivity index (χ0) is 30.8. The SMILES string of the molecule is CCOC(=O)C1=C(c2ccccc2)N=c2s/c(=C\c3ccc(-c4ccccc4[N+](=O)[O-])o3)c(=O)n2[C@H]1c1ccc(OC)cc1. The molecule has 0 saturated heterocycles. The topological polar surface area (TPSA) is 126 Å². The number of carbonyl (C=O) groups is 1. The molecule has 6 rings (SSSR count). The summed E-state index contributed by atoms with van der Waals surface area (Å²) in [7, 11) is 1.56. The summed E-state index contributed by atoms with van der Waals surface area (Å²) in [6.07, 6.45) is 1.57. The van der Waals surface area contributed by atoms with Crippen LogP contribution in [0.15, 0.2) is 111 Å². The molecule has 0 N–H and O–H groups in total. The zero-order valence-corrected chi connectivity index (χ0v) is 24.4. The van der Waals surface area contributed by atoms with E-state index in [1.54, 1.807) is 74.7 Å². The third-order valence-electron chi connectivity index (χ3n) is 7.07. The number of nitro benzene ring substituents is 1. The molecule has 1 aliphatic rings. The number of esters is 1. The minimum absolute atomic E-state index is 0.0906. The van der Waals surface area contributed by atoms with E-state index in [9.17, 15) is 19.7 Å². The van der Waals surface area contributed by atoms with Crippen LogP contribution in [0.5, 0.6) is 5.75 Å². The van der Waals surface area contributed by atoms with E-state index in [4.69, 9.17) is 18.9 Å². The van der Waals surface area contributed by atoms with Crippen LogP contribution in [0, 0.1) is 10.1 Å². The van der Waals surface area contributed by atoms with E-state index in [0.29, 0.717) is 49.0 Å². The second-order valence-electron chi connectivity index (χ2n) is 9.68. The van der Waals surface area contributed by atoms with Gasteiger partial charge in [-0.25, -0.2) is 9.79 Å². The van der Waals surface area contributed by atoms with Crippen LogP contribution in [0.2, 0.25) is 0 Å². The first kappa shape index (κ1) is 28.6. The summed E-state index contributed by atoms with van der Waals surface area (Å²) in [4.78, 5) is 43.9. The molecule has 0 amide bonds. The number of carbonyl (C=O) groups excluding carboxylic acids is 1. The Morgan fingerprint density at radius 2 is 1.77 bits per heavy atom. The predicted molar refractivity (Wildman–Crippen MR) is 165 cm³/mol. The molecule has 1 aliphatic heterocycles. The molecule has 10 nitrogen and oxygen atoms in total. The molecule has 0 spiro atoms. The number of hydrogen-bond acceptors (Lipinski definition) is 9. The van der Waals surface area contributed by atoms with Crippen LogP contribution < -0.4 is 19.6 Å². The molecule has 220 valence electrons. The van der Waals surface area contributed by atoms with Crippen molar-refractivity contribution in [2.24, 2.45) is 4.99 Å². The summed E-state index contributed by atoms with van der Waals surface area (Å²) in [6, 6.07) is 25.1. The van der Waals surface area contributed by atoms with Crippen molar-refractivity contribution in [3.05, 3.63) is 143 Å². The molecule has 1 atom stereocenters. The number of thiazole rings is 1. The van der Waals surface area contributed by atoms with Crippen LogP contribution in [-0.4, -0.2) is 29.2 Å². The molecule has 0 aliphatic carbocycles. The Labute approximate surface area is 254 Å². The highest BCUT2D eigenvalue weighted by Gasteiger charge is 2.35. The van der Waals surface area contributed by atoms with Gasteiger partial charge in [0.05, 0.1) is 46.0 Å². The third-order valence-corrected chi connectivity index (χ3v) is 8.05. The highest BCUT2D eigenvalue weighted by Crippen LogP contribution is 2.36. The number of fused-ring (bicyclic) bond motifs is 1. The number of furan rings is 1. The Hall–Kier alpha value is -5.55. The maximum Gasteiger partial charge on any atom is 0.338 e. The lowest BCUT2D eigenvalue weighted by Crippen LogP contribution is -2.40. The van der Waals surface area contributed by atoms with Crippen molar-refractivity contribution in [2.45, 2.75) is 13.0 Å². The van der Waals surface area contributed by atoms with Crippen LogP contribution in [-0.2, 0) is 9.53 Å². The van der Waals surface area contributed by atoms with Crippen LogP contribution >= 0.6 is 11.3 Å². The average Bonchev–Trinajstić information content (AvgIpc) is 3.64. The van der Waals surface area contributed by atoms with E-state index >= 15 is 0 Å². The highest BCUT2D eigenvalue weighted by molar-refractivity contribution is 7.07. The third kappa shape index (κ3) is 5.25. The Balaban J connectivity index is 1.55. The Morgan fingerprint density at radius 3 is 2.48 bits per heavy atom. The fourth-order valence-corrected chi connectivity index (χ4v) is 6.07. The molecule has 5 aromatic rings. The molecule has 2 aromatic heterocycles. The molecular formula is C33H25N3O7S. The smallest absolute Gasteiger partial charge is 0.338 e. The number of rotatable bonds is 8. The van der Waals surface area contributed by atoms with E-state index in [0.717, 1.165) is 11.3 Å². The number of methoxy groups -OCH3 is 1. The Bertz CT molecular complexity index is 2090. The van der Waals surface area contributed by atoms with E-state index < -0.39 is 16.9 Å². The van der Waals surface area contributed by atoms with Gasteiger partial charge in [0.15, 0.2) is 4.80 Å². The number of nitro groups is 1. The lowest BCUT2D eigenvalue weighted by atomic mass is 9.93. The van der Waals surface area contributed by atoms with Crippen LogP contribution in [0.4, 0.5) is 5.69 Å². The van der Waals surface area contributed by atoms with Crippen molar-refractivity contribution < 1.29 is 23.6 Å². The van der Waals surface area contributed by atoms with Crippen molar-refractivity contribution in [1.82, 2.24) is 4.57 Å². The summed E-state index contributed by atoms with van der Waals surface area (Å²) in [5.74, 6) is 0.671. The number of para-hydroxylation sites is 1. The largest absolute Gasteiger partial charge is 0.497 e. The second-order valence-corrected chi connectivity index (χ2v) is 10.7. The molecule has 0 bridgehead atoms. The minimum Gasteiger partial charge on any atom is -0.497 e. The fourth-order valence-electron chi connectivity index (χ4n) is 5.09. The molecule has 3 heterocycles. The van der Waals surface area contributed by atoms with Crippen molar-refractivity contribution in [1.29, 1.82) is 0 Å². The van der Waals surface area contributed by atoms with Crippen LogP contribution in [0.3, 0.4) is 0 Å². The number of ether oxygens (including phenoxy) is 2. The lowest BCUT2D eigenvalue weighted by molar-refractivity contribution is -0.384. The van der Waals surface area contributed by atoms with Crippen molar-refractivity contribution in [2.75, 3.05) is 13.7 Å². The first-order chi connectivity index (χ1) is 21.4. The van der Waals surface area contributed by atoms with Gasteiger partial charge in [0.2, 0.25) is 0 Å². The van der Waals surface area contributed by atoms with Gasteiger partial charge >= 0.3 is 5.97 Å². The normalized spacial score (nSPS) is 14.6. The van der Waals surface area contributed by atoms with Gasteiger partial charge in [-0.3, -0.25) is 19.5 Å². The quantitative estimate of drug-likeness (QED) is 0.136. The van der Waals surface area contributed by atoms with Gasteiger partial charge in [0, 0.05) is 17.7 Å². The van der Waals surface area contributed by atoms with Gasteiger partial charge in [-0.1, -0.05) is 65.9 Å². The summed E-state index contributed by atoms with van der Waals surface area (Å²) in [5.41, 5.74) is 1.87. The zero-order valence-electron chi connectivity index (χ0n) is 23.6. The van der Waals surface area contributed by atoms with Gasteiger partial charge in [0.25, 0.3) is 11.2 Å². The van der Waals surface area contributed by atoms with Gasteiger partial charge in [0.1, 0.15) is 17.3 Å². The summed E-state index contributed by atoms with van der Waals surface area (Å²) >= 11 is 1.15. The average molecular weight is 608 g/mol. The second kappa shape index (κ2) is 12.0. The van der Waals surface area contributed by atoms with E-state index in [-0.39, 0.29) is 23.4 Å². The Kier molecular flexibility index (Phi) is 7.78. The molecule has 0 radical (unpaired) electrons. The van der Waals surface area contributed by atoms with Gasteiger partial charge in [-0.05, 0) is 42.8 Å². The molecule has 3 aromatic carbocycles. The maximum atomic E-state index is 14.1. The number of benzene rings is 3. The molecule has 44 heavy (non-hydrogen) atoms. The highest BCUT2D eigenvalue weighted by atomic mass is 32.1. The standard InChI is InChI=1S/C33H25N3O7S/c1-3-42-32(38)28-29(20-9-5-4-6-10-20)34-33-35(30(28)21-13-15-22(41-2)16-14-21)31(37)27(44-33)19-23-17-18-26(43-23)24-11-7-8-12-25(24)36(39)40/h4-19,30H,3H2,1-2H3/b27-19-/t30-/m0/s1. The van der Waals surface area contributed by atoms with Crippen molar-refractivity contribution >= 4 is 34.8 Å². The molecule has 0 unspecified atom stereocenters. The van der Waals surface area contributed by atoms with E-state index in [1.807, 2.05) is 30.3 Å². The lowest BCUT2D eigenvalue weighted by Gasteiger charge is -2.26. The molecule has 11 heteroatoms. The van der Waals surface area contributed by atoms with Crippen molar-refractivity contribution in [3.8, 4) is 17.1 Å². The van der Waals surface area contributed by atoms with Gasteiger partial charge < -0.3 is 13.9 Å². The summed E-state index contributed by atoms with van der Waals surface area (Å²) in [5, 5.41) is 11.5. The Morgan fingerprint density at radius 1 is 1.05 bits per heavy atom. The molecule has 0 saturated carbocycles.